The van der Waals surface area contributed by atoms with E-state index in [1.54, 1.807) is 14.0 Å². The Bertz CT molecular complexity index is 462. The van der Waals surface area contributed by atoms with Crippen molar-refractivity contribution in [3.05, 3.63) is 23.8 Å². The summed E-state index contributed by atoms with van der Waals surface area (Å²) in [5, 5.41) is 2.88. The summed E-state index contributed by atoms with van der Waals surface area (Å²) in [5.74, 6) is 0.837. The summed E-state index contributed by atoms with van der Waals surface area (Å²) in [7, 11) is 3.67. The maximum Gasteiger partial charge on any atom is 0.407 e. The number of ether oxygens (including phenoxy) is 2. The van der Waals surface area contributed by atoms with Crippen LogP contribution in [-0.4, -0.2) is 39.4 Å². The number of hydrogen-bond acceptors (Lipinski definition) is 4. The van der Waals surface area contributed by atoms with Crippen molar-refractivity contribution < 1.29 is 14.3 Å². The number of nitrogens with zero attached hydrogens (tertiary/aromatic N) is 1. The number of likely N-dealkylation sites (N-methyl/N-ethyl adjacent to an activating group) is 1. The molecule has 0 saturated carbocycles. The van der Waals surface area contributed by atoms with Crippen LogP contribution in [0.5, 0.6) is 5.75 Å². The zero-order valence-electron chi connectivity index (χ0n) is 11.6. The van der Waals surface area contributed by atoms with Crippen molar-refractivity contribution in [1.82, 2.24) is 5.32 Å². The molecule has 1 atom stereocenters. The molecule has 1 amide bonds. The topological polar surface area (TPSA) is 50.8 Å². The highest BCUT2D eigenvalue weighted by Gasteiger charge is 2.24. The van der Waals surface area contributed by atoms with Gasteiger partial charge in [-0.05, 0) is 37.1 Å². The molecule has 1 aliphatic rings. The third-order valence-corrected chi connectivity index (χ3v) is 3.26. The van der Waals surface area contributed by atoms with Gasteiger partial charge in [0.25, 0.3) is 0 Å². The number of hydrogen-bond donors (Lipinski definition) is 1. The number of fused-ring (bicyclic) bond motifs is 1. The van der Waals surface area contributed by atoms with Crippen LogP contribution in [-0.2, 0) is 11.2 Å². The molecule has 1 aromatic rings. The fourth-order valence-electron chi connectivity index (χ4n) is 2.42. The lowest BCUT2D eigenvalue weighted by Crippen LogP contribution is -2.47. The minimum absolute atomic E-state index is 0.0589. The van der Waals surface area contributed by atoms with Crippen LogP contribution < -0.4 is 15.0 Å². The van der Waals surface area contributed by atoms with E-state index in [9.17, 15) is 4.79 Å². The molecule has 19 heavy (non-hydrogen) atoms. The quantitative estimate of drug-likeness (QED) is 0.904. The standard InChI is InChI=1S/C14H20N2O3/c1-4-19-14(17)15-11-7-10-8-12(18-3)5-6-13(10)16(2)9-11/h5-6,8,11H,4,7,9H2,1-3H3,(H,15,17). The SMILES string of the molecule is CCOC(=O)NC1Cc2cc(OC)ccc2N(C)C1. The zero-order chi connectivity index (χ0) is 13.8. The molecule has 1 aliphatic heterocycles. The summed E-state index contributed by atoms with van der Waals surface area (Å²) in [6.45, 7) is 2.96. The van der Waals surface area contributed by atoms with Gasteiger partial charge in [-0.15, -0.1) is 0 Å². The summed E-state index contributed by atoms with van der Waals surface area (Å²) in [5.41, 5.74) is 2.36. The predicted octanol–water partition coefficient (Wildman–Crippen LogP) is 1.80. The van der Waals surface area contributed by atoms with E-state index in [0.717, 1.165) is 18.7 Å². The van der Waals surface area contributed by atoms with E-state index in [-0.39, 0.29) is 12.1 Å². The number of amides is 1. The second-order valence-electron chi connectivity index (χ2n) is 4.64. The minimum Gasteiger partial charge on any atom is -0.497 e. The van der Waals surface area contributed by atoms with E-state index in [1.165, 1.54) is 11.3 Å². The first-order valence-corrected chi connectivity index (χ1v) is 6.45. The summed E-state index contributed by atoms with van der Waals surface area (Å²) < 4.78 is 10.2. The molecule has 1 heterocycles. The second-order valence-corrected chi connectivity index (χ2v) is 4.64. The van der Waals surface area contributed by atoms with Gasteiger partial charge in [-0.3, -0.25) is 0 Å². The molecule has 1 aromatic carbocycles. The largest absolute Gasteiger partial charge is 0.497 e. The van der Waals surface area contributed by atoms with Gasteiger partial charge in [0.2, 0.25) is 0 Å². The summed E-state index contributed by atoms with van der Waals surface area (Å²) in [6, 6.07) is 6.08. The molecule has 104 valence electrons. The van der Waals surface area contributed by atoms with Gasteiger partial charge < -0.3 is 19.7 Å². The highest BCUT2D eigenvalue weighted by molar-refractivity contribution is 5.68. The van der Waals surface area contributed by atoms with Gasteiger partial charge in [0, 0.05) is 19.3 Å². The van der Waals surface area contributed by atoms with E-state index in [4.69, 9.17) is 9.47 Å². The van der Waals surface area contributed by atoms with E-state index < -0.39 is 0 Å². The number of benzene rings is 1. The van der Waals surface area contributed by atoms with E-state index in [0.29, 0.717) is 6.61 Å². The maximum absolute atomic E-state index is 11.5. The van der Waals surface area contributed by atoms with Crippen LogP contribution in [0.3, 0.4) is 0 Å². The van der Waals surface area contributed by atoms with Crippen molar-refractivity contribution in [2.75, 3.05) is 32.2 Å². The van der Waals surface area contributed by atoms with Gasteiger partial charge in [0.1, 0.15) is 5.75 Å². The van der Waals surface area contributed by atoms with Gasteiger partial charge in [0.05, 0.1) is 19.8 Å². The Morgan fingerprint density at radius 1 is 1.53 bits per heavy atom. The molecular weight excluding hydrogens is 244 g/mol. The summed E-state index contributed by atoms with van der Waals surface area (Å²) in [6.07, 6.45) is 0.433. The third-order valence-electron chi connectivity index (χ3n) is 3.26. The van der Waals surface area contributed by atoms with Crippen molar-refractivity contribution in [2.45, 2.75) is 19.4 Å². The highest BCUT2D eigenvalue weighted by atomic mass is 16.5. The van der Waals surface area contributed by atoms with Crippen LogP contribution in [0.15, 0.2) is 18.2 Å². The molecule has 0 spiro atoms. The smallest absolute Gasteiger partial charge is 0.407 e. The van der Waals surface area contributed by atoms with Crippen LogP contribution in [0.25, 0.3) is 0 Å². The number of carbonyl (C=O) groups is 1. The lowest BCUT2D eigenvalue weighted by Gasteiger charge is -2.33. The third kappa shape index (κ3) is 3.10. The summed E-state index contributed by atoms with van der Waals surface area (Å²) >= 11 is 0. The van der Waals surface area contributed by atoms with Gasteiger partial charge in [-0.25, -0.2) is 4.79 Å². The Morgan fingerprint density at radius 2 is 2.32 bits per heavy atom. The van der Waals surface area contributed by atoms with Crippen molar-refractivity contribution in [3.8, 4) is 5.75 Å². The lowest BCUT2D eigenvalue weighted by atomic mass is 9.98. The molecule has 0 saturated heterocycles. The molecule has 0 bridgehead atoms. The van der Waals surface area contributed by atoms with Crippen molar-refractivity contribution >= 4 is 11.8 Å². The average Bonchev–Trinajstić information content (AvgIpc) is 2.38. The van der Waals surface area contributed by atoms with Crippen LogP contribution in [0, 0.1) is 0 Å². The zero-order valence-corrected chi connectivity index (χ0v) is 11.6. The van der Waals surface area contributed by atoms with Crippen LogP contribution in [0.4, 0.5) is 10.5 Å². The number of nitrogens with one attached hydrogen (secondary N) is 1. The maximum atomic E-state index is 11.5. The van der Waals surface area contributed by atoms with Crippen LogP contribution >= 0.6 is 0 Å². The molecule has 1 unspecified atom stereocenters. The first-order chi connectivity index (χ1) is 9.13. The fourth-order valence-corrected chi connectivity index (χ4v) is 2.42. The van der Waals surface area contributed by atoms with E-state index in [1.807, 2.05) is 19.2 Å². The molecule has 0 aromatic heterocycles. The van der Waals surface area contributed by atoms with E-state index in [2.05, 4.69) is 16.3 Å². The van der Waals surface area contributed by atoms with E-state index >= 15 is 0 Å². The van der Waals surface area contributed by atoms with Gasteiger partial charge in [-0.1, -0.05) is 0 Å². The second kappa shape index (κ2) is 5.82. The van der Waals surface area contributed by atoms with Crippen molar-refractivity contribution in [3.63, 3.8) is 0 Å². The lowest BCUT2D eigenvalue weighted by molar-refractivity contribution is 0.148. The number of anilines is 1. The highest BCUT2D eigenvalue weighted by Crippen LogP contribution is 2.29. The first kappa shape index (κ1) is 13.5. The van der Waals surface area contributed by atoms with Crippen molar-refractivity contribution in [2.24, 2.45) is 0 Å². The number of carbonyl (C=O) groups excluding carboxylic acids is 1. The molecule has 5 heteroatoms. The Labute approximate surface area is 113 Å². The Kier molecular flexibility index (Phi) is 4.14. The minimum atomic E-state index is -0.354. The predicted molar refractivity (Wildman–Crippen MR) is 73.9 cm³/mol. The monoisotopic (exact) mass is 264 g/mol. The molecule has 0 radical (unpaired) electrons. The fraction of sp³-hybridized carbons (Fsp3) is 0.500. The average molecular weight is 264 g/mol. The molecule has 2 rings (SSSR count). The molecule has 1 N–H and O–H groups in total. The first-order valence-electron chi connectivity index (χ1n) is 6.45. The molecule has 0 fully saturated rings. The van der Waals surface area contributed by atoms with Gasteiger partial charge in [0.15, 0.2) is 0 Å². The number of methoxy groups -OCH3 is 1. The van der Waals surface area contributed by atoms with Crippen molar-refractivity contribution in [1.29, 1.82) is 0 Å². The van der Waals surface area contributed by atoms with Gasteiger partial charge >= 0.3 is 6.09 Å². The normalized spacial score (nSPS) is 17.6. The van der Waals surface area contributed by atoms with Crippen LogP contribution in [0.1, 0.15) is 12.5 Å². The summed E-state index contributed by atoms with van der Waals surface area (Å²) in [4.78, 5) is 13.6. The molecular formula is C14H20N2O3. The van der Waals surface area contributed by atoms with Crippen LogP contribution in [0.2, 0.25) is 0 Å². The van der Waals surface area contributed by atoms with Gasteiger partial charge in [-0.2, -0.15) is 0 Å². The number of rotatable bonds is 3. The Balaban J connectivity index is 2.11. The Hall–Kier alpha value is -1.91. The molecule has 0 aliphatic carbocycles. The number of alkyl carbamates (subject to hydrolysis) is 1. The Morgan fingerprint density at radius 3 is 3.00 bits per heavy atom. The molecule has 5 nitrogen and oxygen atoms in total.